The van der Waals surface area contributed by atoms with Gasteiger partial charge in [-0.1, -0.05) is 24.6 Å². The van der Waals surface area contributed by atoms with Gasteiger partial charge in [-0.15, -0.1) is 0 Å². The van der Waals surface area contributed by atoms with Crippen molar-refractivity contribution < 1.29 is 33.5 Å². The molecule has 5 rings (SSSR count). The molecular weight excluding hydrogens is 574 g/mol. The molecule has 10 nitrogen and oxygen atoms in total. The smallest absolute Gasteiger partial charge is 0.436 e. The van der Waals surface area contributed by atoms with E-state index in [0.29, 0.717) is 55.8 Å². The molecule has 4 fully saturated rings. The predicted octanol–water partition coefficient (Wildman–Crippen LogP) is 5.58. The van der Waals surface area contributed by atoms with Crippen molar-refractivity contribution in [2.24, 2.45) is 39.7 Å². The van der Waals surface area contributed by atoms with Crippen molar-refractivity contribution in [2.75, 3.05) is 19.7 Å². The molecule has 3 saturated carbocycles. The molecule has 1 heterocycles. The number of nitrogens with zero attached hydrogens (tertiary/aromatic N) is 2. The molecule has 1 amide bonds. The standard InChI is InChI=1S/C35H53N3O7/c1-22(2)44-32(41)31-11-7-25(36-31)14-17-38(18-19-43-21-39)33(42)45-37-23(3)28-9-10-29-27-8-6-24-20-26(40)12-15-34(24,4)30(27)13-16-35(28,29)5/h20-22,25,27-31,36H,6-19H2,1-5H3/b37-23+/t25?,27-,28+,29-,30-,31?,34-,35+/m0/s1. The van der Waals surface area contributed by atoms with Crippen molar-refractivity contribution in [3.8, 4) is 0 Å². The summed E-state index contributed by atoms with van der Waals surface area (Å²) in [7, 11) is 0. The van der Waals surface area contributed by atoms with E-state index in [9.17, 15) is 19.2 Å². The van der Waals surface area contributed by atoms with Crippen molar-refractivity contribution in [2.45, 2.75) is 123 Å². The molecule has 1 saturated heterocycles. The van der Waals surface area contributed by atoms with E-state index in [-0.39, 0.29) is 54.1 Å². The van der Waals surface area contributed by atoms with Crippen LogP contribution in [0.5, 0.6) is 0 Å². The van der Waals surface area contributed by atoms with Gasteiger partial charge in [0.05, 0.1) is 18.4 Å². The summed E-state index contributed by atoms with van der Waals surface area (Å²) in [5, 5.41) is 7.75. The summed E-state index contributed by atoms with van der Waals surface area (Å²) in [6, 6.07) is -0.271. The van der Waals surface area contributed by atoms with Crippen LogP contribution in [0.15, 0.2) is 16.8 Å². The van der Waals surface area contributed by atoms with Crippen LogP contribution in [0.25, 0.3) is 0 Å². The second-order valence-corrected chi connectivity index (χ2v) is 15.0. The number of hydrogen-bond acceptors (Lipinski definition) is 9. The molecule has 5 aliphatic rings. The van der Waals surface area contributed by atoms with E-state index >= 15 is 0 Å². The summed E-state index contributed by atoms with van der Waals surface area (Å²) in [5.74, 6) is 2.20. The topological polar surface area (TPSA) is 124 Å². The first kappa shape index (κ1) is 33.6. The van der Waals surface area contributed by atoms with Gasteiger partial charge in [-0.2, -0.15) is 0 Å². The van der Waals surface area contributed by atoms with Crippen LogP contribution in [0, 0.1) is 34.5 Å². The zero-order chi connectivity index (χ0) is 32.4. The van der Waals surface area contributed by atoms with E-state index in [2.05, 4.69) is 24.3 Å². The van der Waals surface area contributed by atoms with Gasteiger partial charge in [0.2, 0.25) is 0 Å². The van der Waals surface area contributed by atoms with Gasteiger partial charge < -0.3 is 19.7 Å². The van der Waals surface area contributed by atoms with Crippen LogP contribution in [0.3, 0.4) is 0 Å². The second-order valence-electron chi connectivity index (χ2n) is 15.0. The minimum absolute atomic E-state index is 0.0652. The van der Waals surface area contributed by atoms with E-state index < -0.39 is 6.09 Å². The minimum atomic E-state index is -0.563. The molecule has 0 bridgehead atoms. The third-order valence-electron chi connectivity index (χ3n) is 12.2. The third kappa shape index (κ3) is 7.00. The van der Waals surface area contributed by atoms with E-state index in [0.717, 1.165) is 50.7 Å². The first-order valence-electron chi connectivity index (χ1n) is 17.2. The maximum atomic E-state index is 13.2. The number of ketones is 1. The number of ether oxygens (including phenoxy) is 2. The minimum Gasteiger partial charge on any atom is -0.466 e. The maximum absolute atomic E-state index is 13.2. The predicted molar refractivity (Wildman–Crippen MR) is 169 cm³/mol. The fourth-order valence-corrected chi connectivity index (χ4v) is 9.84. The Morgan fingerprint density at radius 2 is 1.87 bits per heavy atom. The normalized spacial score (nSPS) is 36.0. The maximum Gasteiger partial charge on any atom is 0.436 e. The third-order valence-corrected chi connectivity index (χ3v) is 12.2. The molecular formula is C35H53N3O7. The Morgan fingerprint density at radius 3 is 2.62 bits per heavy atom. The molecule has 8 atom stereocenters. The van der Waals surface area contributed by atoms with Crippen molar-refractivity contribution in [3.63, 3.8) is 0 Å². The van der Waals surface area contributed by atoms with Crippen LogP contribution < -0.4 is 5.32 Å². The molecule has 0 aromatic heterocycles. The molecule has 4 aliphatic carbocycles. The largest absolute Gasteiger partial charge is 0.466 e. The molecule has 0 spiro atoms. The molecule has 0 aromatic carbocycles. The lowest BCUT2D eigenvalue weighted by atomic mass is 9.46. The monoisotopic (exact) mass is 627 g/mol. The summed E-state index contributed by atoms with van der Waals surface area (Å²) >= 11 is 0. The number of nitrogens with one attached hydrogen (secondary N) is 1. The number of rotatable bonds is 11. The fourth-order valence-electron chi connectivity index (χ4n) is 9.84. The zero-order valence-corrected chi connectivity index (χ0v) is 27.8. The van der Waals surface area contributed by atoms with Crippen LogP contribution in [-0.4, -0.2) is 72.8 Å². The quantitative estimate of drug-likeness (QED) is 0.0786. The average Bonchev–Trinajstić information content (AvgIpc) is 3.62. The summed E-state index contributed by atoms with van der Waals surface area (Å²) in [5.41, 5.74) is 2.52. The Bertz CT molecular complexity index is 1200. The van der Waals surface area contributed by atoms with E-state index in [1.54, 1.807) is 0 Å². The Kier molecular flexibility index (Phi) is 10.4. The van der Waals surface area contributed by atoms with Gasteiger partial charge in [-0.3, -0.25) is 19.2 Å². The van der Waals surface area contributed by atoms with Gasteiger partial charge in [0.1, 0.15) is 12.6 Å². The fraction of sp³-hybridized carbons (Fsp3) is 0.800. The molecule has 250 valence electrons. The zero-order valence-electron chi connectivity index (χ0n) is 27.8. The number of hydrogen-bond donors (Lipinski definition) is 1. The molecule has 0 radical (unpaired) electrons. The highest BCUT2D eigenvalue weighted by Gasteiger charge is 2.59. The Balaban J connectivity index is 1.19. The summed E-state index contributed by atoms with van der Waals surface area (Å²) < 4.78 is 10.2. The van der Waals surface area contributed by atoms with Crippen molar-refractivity contribution in [3.05, 3.63) is 11.6 Å². The lowest BCUT2D eigenvalue weighted by Gasteiger charge is -2.58. The Morgan fingerprint density at radius 1 is 1.07 bits per heavy atom. The van der Waals surface area contributed by atoms with Gasteiger partial charge in [0.25, 0.3) is 6.47 Å². The second kappa shape index (κ2) is 13.9. The van der Waals surface area contributed by atoms with Crippen LogP contribution in [0.4, 0.5) is 4.79 Å². The summed E-state index contributed by atoms with van der Waals surface area (Å²) in [6.07, 6.45) is 11.7. The van der Waals surface area contributed by atoms with Gasteiger partial charge in [-0.25, -0.2) is 4.79 Å². The van der Waals surface area contributed by atoms with Gasteiger partial charge in [0.15, 0.2) is 5.78 Å². The summed E-state index contributed by atoms with van der Waals surface area (Å²) in [6.45, 7) is 11.5. The molecule has 1 N–H and O–H groups in total. The number of amides is 1. The first-order valence-corrected chi connectivity index (χ1v) is 17.2. The van der Waals surface area contributed by atoms with E-state index in [1.807, 2.05) is 26.8 Å². The number of carbonyl (C=O) groups is 4. The van der Waals surface area contributed by atoms with Gasteiger partial charge in [0, 0.05) is 24.9 Å². The van der Waals surface area contributed by atoms with Crippen LogP contribution in [0.2, 0.25) is 0 Å². The first-order chi connectivity index (χ1) is 21.5. The van der Waals surface area contributed by atoms with Gasteiger partial charge >= 0.3 is 12.1 Å². The SMILES string of the molecule is C/C(=N\OC(=O)N(CCOC=O)CCC1CCC(C(=O)OC(C)C)N1)[C@H]1CC[C@H]2[C@@H]3CCC4=CC(=O)CC[C@]4(C)[C@H]3CC[C@]12C. The highest BCUT2D eigenvalue weighted by molar-refractivity contribution is 5.91. The van der Waals surface area contributed by atoms with Crippen LogP contribution in [0.1, 0.15) is 105 Å². The van der Waals surface area contributed by atoms with Crippen LogP contribution >= 0.6 is 0 Å². The number of esters is 1. The van der Waals surface area contributed by atoms with Crippen molar-refractivity contribution in [1.29, 1.82) is 0 Å². The Labute approximate surface area is 268 Å². The molecule has 45 heavy (non-hydrogen) atoms. The number of oxime groups is 1. The number of fused-ring (bicyclic) bond motifs is 5. The Hall–Kier alpha value is -2.75. The highest BCUT2D eigenvalue weighted by Crippen LogP contribution is 2.66. The van der Waals surface area contributed by atoms with Crippen molar-refractivity contribution >= 4 is 30.0 Å². The highest BCUT2D eigenvalue weighted by atomic mass is 16.7. The molecule has 10 heteroatoms. The average molecular weight is 628 g/mol. The molecule has 0 aromatic rings. The van der Waals surface area contributed by atoms with E-state index in [1.165, 1.54) is 16.9 Å². The lowest BCUT2D eigenvalue weighted by Crippen LogP contribution is -2.51. The van der Waals surface area contributed by atoms with E-state index in [4.69, 9.17) is 14.3 Å². The molecule has 2 unspecified atom stereocenters. The number of allylic oxidation sites excluding steroid dienone is 1. The summed E-state index contributed by atoms with van der Waals surface area (Å²) in [4.78, 5) is 55.5. The lowest BCUT2D eigenvalue weighted by molar-refractivity contribution is -0.149. The van der Waals surface area contributed by atoms with Crippen molar-refractivity contribution in [1.82, 2.24) is 10.2 Å². The van der Waals surface area contributed by atoms with Crippen LogP contribution in [-0.2, 0) is 28.7 Å². The van der Waals surface area contributed by atoms with Gasteiger partial charge in [-0.05, 0) is 120 Å². The number of carbonyl (C=O) groups excluding carboxylic acids is 4. The molecule has 1 aliphatic heterocycles.